The van der Waals surface area contributed by atoms with Crippen LogP contribution in [-0.4, -0.2) is 16.0 Å². The van der Waals surface area contributed by atoms with Gasteiger partial charge in [-0.15, -0.1) is 0 Å². The summed E-state index contributed by atoms with van der Waals surface area (Å²) in [5.41, 5.74) is 2.35. The number of fused-ring (bicyclic) bond motifs is 3. The molecule has 0 aliphatic carbocycles. The van der Waals surface area contributed by atoms with Gasteiger partial charge in [-0.3, -0.25) is 9.48 Å². The Morgan fingerprint density at radius 1 is 1.24 bits per heavy atom. The number of ether oxygens (including phenoxy) is 1. The molecule has 0 unspecified atom stereocenters. The van der Waals surface area contributed by atoms with Crippen molar-refractivity contribution in [2.24, 2.45) is 0 Å². The summed E-state index contributed by atoms with van der Waals surface area (Å²) in [6, 6.07) is 10.4. The van der Waals surface area contributed by atoms with Gasteiger partial charge >= 0.3 is 6.61 Å². The molecule has 0 saturated heterocycles. The van der Waals surface area contributed by atoms with Crippen molar-refractivity contribution in [2.45, 2.75) is 32.5 Å². The van der Waals surface area contributed by atoms with Crippen molar-refractivity contribution in [3.8, 4) is 5.75 Å². The summed E-state index contributed by atoms with van der Waals surface area (Å²) in [4.78, 5) is 12.6. The van der Waals surface area contributed by atoms with E-state index in [0.29, 0.717) is 23.9 Å². The SMILES string of the molecule is Cc1ccc(OC(F)F)c([C@H]2CCn3c(=O)c4ccc(Br)cc4n32)c1. The maximum atomic E-state index is 12.8. The summed E-state index contributed by atoms with van der Waals surface area (Å²) in [5, 5.41) is 0.622. The number of halogens is 3. The molecule has 4 rings (SSSR count). The highest BCUT2D eigenvalue weighted by Gasteiger charge is 2.30. The van der Waals surface area contributed by atoms with E-state index in [1.807, 2.05) is 29.8 Å². The molecule has 2 aromatic carbocycles. The van der Waals surface area contributed by atoms with Gasteiger partial charge in [0.1, 0.15) is 5.75 Å². The van der Waals surface area contributed by atoms with Crippen LogP contribution in [0.5, 0.6) is 5.75 Å². The molecule has 0 saturated carbocycles. The van der Waals surface area contributed by atoms with E-state index in [4.69, 9.17) is 4.74 Å². The molecule has 1 atom stereocenters. The van der Waals surface area contributed by atoms with Crippen molar-refractivity contribution in [1.29, 1.82) is 0 Å². The van der Waals surface area contributed by atoms with Gasteiger partial charge in [0.05, 0.1) is 16.9 Å². The predicted octanol–water partition coefficient (Wildman–Crippen LogP) is 4.47. The Bertz CT molecular complexity index is 1030. The molecule has 0 radical (unpaired) electrons. The molecule has 0 amide bonds. The summed E-state index contributed by atoms with van der Waals surface area (Å²) in [7, 11) is 0. The minimum atomic E-state index is -2.89. The van der Waals surface area contributed by atoms with E-state index in [1.165, 1.54) is 0 Å². The van der Waals surface area contributed by atoms with Gasteiger partial charge in [-0.2, -0.15) is 8.78 Å². The van der Waals surface area contributed by atoms with Gasteiger partial charge < -0.3 is 4.74 Å². The highest BCUT2D eigenvalue weighted by atomic mass is 79.9. The third kappa shape index (κ3) is 2.66. The van der Waals surface area contributed by atoms with E-state index in [2.05, 4.69) is 15.9 Å². The molecule has 2 heterocycles. The standard InChI is InChI=1S/C18H15BrF2N2O2/c1-10-2-5-16(25-18(20)21)13(8-10)14-6-7-22-17(24)12-4-3-11(19)9-15(12)23(14)22/h2-5,8-9,14,18H,6-7H2,1H3/t14-/m1/s1. The van der Waals surface area contributed by atoms with Crippen molar-refractivity contribution in [1.82, 2.24) is 9.36 Å². The minimum Gasteiger partial charge on any atom is -0.434 e. The van der Waals surface area contributed by atoms with Crippen LogP contribution >= 0.6 is 15.9 Å². The van der Waals surface area contributed by atoms with Crippen LogP contribution in [0.1, 0.15) is 23.6 Å². The third-order valence-electron chi connectivity index (χ3n) is 4.58. The van der Waals surface area contributed by atoms with Crippen LogP contribution in [0.25, 0.3) is 10.9 Å². The van der Waals surface area contributed by atoms with Gasteiger partial charge in [-0.05, 0) is 37.6 Å². The van der Waals surface area contributed by atoms with Crippen molar-refractivity contribution in [3.63, 3.8) is 0 Å². The minimum absolute atomic E-state index is 0.0611. The summed E-state index contributed by atoms with van der Waals surface area (Å²) >= 11 is 3.44. The lowest BCUT2D eigenvalue weighted by Crippen LogP contribution is -2.18. The van der Waals surface area contributed by atoms with Crippen molar-refractivity contribution >= 4 is 26.8 Å². The number of hydrogen-bond acceptors (Lipinski definition) is 2. The molecule has 0 fully saturated rings. The first-order valence-corrected chi connectivity index (χ1v) is 8.71. The first-order chi connectivity index (χ1) is 12.0. The first kappa shape index (κ1) is 16.3. The second-order valence-corrected chi connectivity index (χ2v) is 7.07. The monoisotopic (exact) mass is 408 g/mol. The lowest BCUT2D eigenvalue weighted by Gasteiger charge is -2.19. The van der Waals surface area contributed by atoms with Crippen LogP contribution in [-0.2, 0) is 6.54 Å². The van der Waals surface area contributed by atoms with Crippen LogP contribution in [0.15, 0.2) is 45.7 Å². The Morgan fingerprint density at radius 3 is 2.80 bits per heavy atom. The summed E-state index contributed by atoms with van der Waals surface area (Å²) < 4.78 is 34.8. The Kier molecular flexibility index (Phi) is 3.91. The summed E-state index contributed by atoms with van der Waals surface area (Å²) in [6.45, 7) is -0.444. The number of nitrogens with zero attached hydrogens (tertiary/aromatic N) is 2. The van der Waals surface area contributed by atoms with Crippen LogP contribution in [0, 0.1) is 6.92 Å². The van der Waals surface area contributed by atoms with Crippen molar-refractivity contribution in [2.75, 3.05) is 0 Å². The summed E-state index contributed by atoms with van der Waals surface area (Å²) in [6.07, 6.45) is 0.654. The zero-order valence-electron chi connectivity index (χ0n) is 13.4. The molecular formula is C18H15BrF2N2O2. The van der Waals surface area contributed by atoms with Crippen molar-refractivity contribution in [3.05, 3.63) is 62.4 Å². The summed E-state index contributed by atoms with van der Waals surface area (Å²) in [5.74, 6) is 0.156. The van der Waals surface area contributed by atoms with Gasteiger partial charge in [0.15, 0.2) is 0 Å². The fraction of sp³-hybridized carbons (Fsp3) is 0.278. The van der Waals surface area contributed by atoms with Gasteiger partial charge in [-0.1, -0.05) is 33.6 Å². The fourth-order valence-corrected chi connectivity index (χ4v) is 3.92. The number of rotatable bonds is 3. The van der Waals surface area contributed by atoms with E-state index in [0.717, 1.165) is 15.6 Å². The lowest BCUT2D eigenvalue weighted by atomic mass is 10.0. The third-order valence-corrected chi connectivity index (χ3v) is 5.07. The molecule has 0 spiro atoms. The topological polar surface area (TPSA) is 36.2 Å². The number of hydrogen-bond donors (Lipinski definition) is 0. The van der Waals surface area contributed by atoms with Crippen LogP contribution in [0.4, 0.5) is 8.78 Å². The zero-order valence-corrected chi connectivity index (χ0v) is 15.0. The van der Waals surface area contributed by atoms with Crippen LogP contribution < -0.4 is 10.3 Å². The van der Waals surface area contributed by atoms with E-state index in [1.54, 1.807) is 22.9 Å². The lowest BCUT2D eigenvalue weighted by molar-refractivity contribution is -0.0507. The van der Waals surface area contributed by atoms with E-state index in [9.17, 15) is 13.6 Å². The fourth-order valence-electron chi connectivity index (χ4n) is 3.57. The molecule has 0 N–H and O–H groups in total. The van der Waals surface area contributed by atoms with E-state index < -0.39 is 6.61 Å². The van der Waals surface area contributed by atoms with E-state index in [-0.39, 0.29) is 17.4 Å². The molecule has 1 aromatic heterocycles. The molecule has 4 nitrogen and oxygen atoms in total. The number of benzene rings is 2. The van der Waals surface area contributed by atoms with Gasteiger partial charge in [-0.25, -0.2) is 4.68 Å². The molecule has 25 heavy (non-hydrogen) atoms. The average molecular weight is 409 g/mol. The first-order valence-electron chi connectivity index (χ1n) is 7.91. The normalized spacial score (nSPS) is 16.6. The van der Waals surface area contributed by atoms with Crippen molar-refractivity contribution < 1.29 is 13.5 Å². The van der Waals surface area contributed by atoms with Crippen LogP contribution in [0.2, 0.25) is 0 Å². The molecule has 7 heteroatoms. The number of aromatic nitrogens is 2. The average Bonchev–Trinajstić information content (AvgIpc) is 3.09. The van der Waals surface area contributed by atoms with Gasteiger partial charge in [0.2, 0.25) is 0 Å². The highest BCUT2D eigenvalue weighted by molar-refractivity contribution is 9.10. The van der Waals surface area contributed by atoms with Crippen LogP contribution in [0.3, 0.4) is 0 Å². The quantitative estimate of drug-likeness (QED) is 0.640. The molecule has 3 aromatic rings. The Morgan fingerprint density at radius 2 is 2.04 bits per heavy atom. The second kappa shape index (κ2) is 5.98. The Balaban J connectivity index is 1.93. The molecule has 0 bridgehead atoms. The predicted molar refractivity (Wildman–Crippen MR) is 94.5 cm³/mol. The highest BCUT2D eigenvalue weighted by Crippen LogP contribution is 2.37. The number of alkyl halides is 2. The largest absolute Gasteiger partial charge is 0.434 e. The smallest absolute Gasteiger partial charge is 0.387 e. The van der Waals surface area contributed by atoms with Gasteiger partial charge in [0.25, 0.3) is 5.56 Å². The zero-order chi connectivity index (χ0) is 17.7. The molecule has 1 aliphatic rings. The molecular weight excluding hydrogens is 394 g/mol. The molecule has 130 valence electrons. The number of aryl methyl sites for hydroxylation is 1. The van der Waals surface area contributed by atoms with E-state index >= 15 is 0 Å². The maximum Gasteiger partial charge on any atom is 0.387 e. The Labute approximate surface area is 150 Å². The molecule has 1 aliphatic heterocycles. The second-order valence-electron chi connectivity index (χ2n) is 6.16. The maximum absolute atomic E-state index is 12.8. The Hall–Kier alpha value is -2.15. The van der Waals surface area contributed by atoms with Gasteiger partial charge in [0, 0.05) is 16.6 Å².